The van der Waals surface area contributed by atoms with E-state index in [1.165, 1.54) is 20.3 Å². The van der Waals surface area contributed by atoms with Crippen LogP contribution >= 0.6 is 0 Å². The number of carbonyl (C=O) groups is 1. The molecule has 0 aliphatic carbocycles. The van der Waals surface area contributed by atoms with Crippen LogP contribution in [0.15, 0.2) is 12.1 Å². The van der Waals surface area contributed by atoms with Crippen LogP contribution in [-0.4, -0.2) is 25.3 Å². The van der Waals surface area contributed by atoms with Crippen molar-refractivity contribution in [2.45, 2.75) is 12.8 Å². The zero-order chi connectivity index (χ0) is 12.8. The third-order valence-electron chi connectivity index (χ3n) is 2.36. The minimum atomic E-state index is -1.06. The molecule has 5 heteroatoms. The molecule has 0 bridgehead atoms. The number of rotatable bonds is 5. The fourth-order valence-corrected chi connectivity index (χ4v) is 1.55. The van der Waals surface area contributed by atoms with Gasteiger partial charge in [-0.05, 0) is 12.5 Å². The van der Waals surface area contributed by atoms with Gasteiger partial charge >= 0.3 is 5.97 Å². The van der Waals surface area contributed by atoms with Gasteiger partial charge in [-0.2, -0.15) is 5.26 Å². The second kappa shape index (κ2) is 5.75. The molecular weight excluding hydrogens is 222 g/mol. The summed E-state index contributed by atoms with van der Waals surface area (Å²) in [7, 11) is 2.91. The molecule has 17 heavy (non-hydrogen) atoms. The van der Waals surface area contributed by atoms with Crippen LogP contribution in [0.25, 0.3) is 0 Å². The van der Waals surface area contributed by atoms with Gasteiger partial charge in [-0.3, -0.25) is 0 Å². The van der Waals surface area contributed by atoms with Gasteiger partial charge in [0.05, 0.1) is 25.9 Å². The van der Waals surface area contributed by atoms with Crippen LogP contribution in [-0.2, 0) is 6.42 Å². The summed E-state index contributed by atoms with van der Waals surface area (Å²) in [6.45, 7) is 0. The Labute approximate surface area is 99.2 Å². The fraction of sp³-hybridized carbons (Fsp3) is 0.333. The summed E-state index contributed by atoms with van der Waals surface area (Å²) in [6, 6.07) is 5.02. The maximum absolute atomic E-state index is 11.1. The quantitative estimate of drug-likeness (QED) is 0.842. The van der Waals surface area contributed by atoms with Crippen molar-refractivity contribution in [1.82, 2.24) is 0 Å². The maximum atomic E-state index is 11.1. The second-order valence-electron chi connectivity index (χ2n) is 3.32. The molecule has 0 aliphatic heterocycles. The summed E-state index contributed by atoms with van der Waals surface area (Å²) in [5, 5.41) is 17.7. The number of carboxylic acids is 1. The van der Waals surface area contributed by atoms with E-state index >= 15 is 0 Å². The van der Waals surface area contributed by atoms with Gasteiger partial charge in [0, 0.05) is 18.1 Å². The van der Waals surface area contributed by atoms with Crippen LogP contribution < -0.4 is 9.47 Å². The molecule has 0 aliphatic rings. The Balaban J connectivity index is 3.31. The molecule has 0 saturated heterocycles. The number of ether oxygens (including phenoxy) is 2. The van der Waals surface area contributed by atoms with Gasteiger partial charge in [0.15, 0.2) is 0 Å². The van der Waals surface area contributed by atoms with Crippen molar-refractivity contribution in [2.24, 2.45) is 0 Å². The molecule has 0 saturated carbocycles. The second-order valence-corrected chi connectivity index (χ2v) is 3.32. The summed E-state index contributed by atoms with van der Waals surface area (Å²) in [5.41, 5.74) is 0.624. The molecule has 0 unspecified atom stereocenters. The fourth-order valence-electron chi connectivity index (χ4n) is 1.55. The number of hydrogen-bond acceptors (Lipinski definition) is 4. The highest BCUT2D eigenvalue weighted by atomic mass is 16.5. The van der Waals surface area contributed by atoms with Gasteiger partial charge in [-0.25, -0.2) is 4.79 Å². The predicted molar refractivity (Wildman–Crippen MR) is 60.4 cm³/mol. The number of hydrogen-bond donors (Lipinski definition) is 1. The van der Waals surface area contributed by atoms with Crippen LogP contribution in [0.4, 0.5) is 0 Å². The first-order valence-electron chi connectivity index (χ1n) is 4.99. The van der Waals surface area contributed by atoms with E-state index in [4.69, 9.17) is 19.8 Å². The molecule has 1 aromatic carbocycles. The van der Waals surface area contributed by atoms with E-state index < -0.39 is 5.97 Å². The molecule has 1 aromatic rings. The Bertz CT molecular complexity index is 462. The number of benzene rings is 1. The van der Waals surface area contributed by atoms with E-state index in [0.29, 0.717) is 23.5 Å². The molecule has 0 amide bonds. The molecular formula is C12H13NO4. The highest BCUT2D eigenvalue weighted by Crippen LogP contribution is 2.29. The lowest BCUT2D eigenvalue weighted by molar-refractivity contribution is 0.0694. The van der Waals surface area contributed by atoms with E-state index in [0.717, 1.165) is 0 Å². The summed E-state index contributed by atoms with van der Waals surface area (Å²) in [6.07, 6.45) is 0.578. The average Bonchev–Trinajstić information content (AvgIpc) is 2.35. The van der Waals surface area contributed by atoms with Gasteiger partial charge in [-0.15, -0.1) is 0 Å². The lowest BCUT2D eigenvalue weighted by Crippen LogP contribution is -2.05. The Hall–Kier alpha value is -2.22. The normalized spacial score (nSPS) is 9.47. The van der Waals surface area contributed by atoms with Crippen LogP contribution in [0.2, 0.25) is 0 Å². The number of methoxy groups -OCH3 is 2. The first-order valence-corrected chi connectivity index (χ1v) is 4.99. The summed E-state index contributed by atoms with van der Waals surface area (Å²) < 4.78 is 10.1. The first kappa shape index (κ1) is 12.8. The zero-order valence-corrected chi connectivity index (χ0v) is 9.69. The van der Waals surface area contributed by atoms with Crippen LogP contribution in [0.5, 0.6) is 11.5 Å². The van der Waals surface area contributed by atoms with Crippen molar-refractivity contribution in [2.75, 3.05) is 14.2 Å². The molecule has 0 spiro atoms. The molecule has 90 valence electrons. The third kappa shape index (κ3) is 2.88. The number of aromatic carboxylic acids is 1. The highest BCUT2D eigenvalue weighted by molar-refractivity contribution is 5.91. The molecule has 0 fully saturated rings. The number of nitriles is 1. The molecule has 1 N–H and O–H groups in total. The van der Waals surface area contributed by atoms with E-state index in [2.05, 4.69) is 0 Å². The van der Waals surface area contributed by atoms with Crippen molar-refractivity contribution < 1.29 is 19.4 Å². The van der Waals surface area contributed by atoms with Gasteiger partial charge in [0.25, 0.3) is 0 Å². The maximum Gasteiger partial charge on any atom is 0.336 e. The minimum absolute atomic E-state index is 0.108. The van der Waals surface area contributed by atoms with E-state index in [1.807, 2.05) is 6.07 Å². The van der Waals surface area contributed by atoms with Gasteiger partial charge in [-0.1, -0.05) is 0 Å². The Morgan fingerprint density at radius 2 is 2.12 bits per heavy atom. The Morgan fingerprint density at radius 3 is 2.59 bits per heavy atom. The average molecular weight is 235 g/mol. The largest absolute Gasteiger partial charge is 0.497 e. The Morgan fingerprint density at radius 1 is 1.41 bits per heavy atom. The SMILES string of the molecule is COc1cc(OC)c(CCC#N)c(C(=O)O)c1. The lowest BCUT2D eigenvalue weighted by Gasteiger charge is -2.12. The van der Waals surface area contributed by atoms with Crippen molar-refractivity contribution in [1.29, 1.82) is 5.26 Å². The minimum Gasteiger partial charge on any atom is -0.497 e. The van der Waals surface area contributed by atoms with E-state index in [9.17, 15) is 4.79 Å². The molecule has 5 nitrogen and oxygen atoms in total. The number of carboxylic acid groups (broad SMARTS) is 1. The van der Waals surface area contributed by atoms with E-state index in [-0.39, 0.29) is 12.0 Å². The number of nitrogens with zero attached hydrogens (tertiary/aromatic N) is 1. The first-order chi connectivity index (χ1) is 8.13. The lowest BCUT2D eigenvalue weighted by atomic mass is 10.0. The highest BCUT2D eigenvalue weighted by Gasteiger charge is 2.17. The summed E-state index contributed by atoms with van der Waals surface area (Å²) in [5.74, 6) is -0.216. The zero-order valence-electron chi connectivity index (χ0n) is 9.69. The van der Waals surface area contributed by atoms with Crippen LogP contribution in [0, 0.1) is 11.3 Å². The summed E-state index contributed by atoms with van der Waals surface area (Å²) in [4.78, 5) is 11.1. The van der Waals surface area contributed by atoms with Gasteiger partial charge in [0.1, 0.15) is 11.5 Å². The topological polar surface area (TPSA) is 79.5 Å². The Kier molecular flexibility index (Phi) is 4.35. The predicted octanol–water partition coefficient (Wildman–Crippen LogP) is 1.86. The van der Waals surface area contributed by atoms with Crippen molar-refractivity contribution in [3.63, 3.8) is 0 Å². The van der Waals surface area contributed by atoms with Crippen molar-refractivity contribution in [3.05, 3.63) is 23.3 Å². The van der Waals surface area contributed by atoms with E-state index in [1.54, 1.807) is 6.07 Å². The smallest absolute Gasteiger partial charge is 0.336 e. The van der Waals surface area contributed by atoms with Crippen LogP contribution in [0.3, 0.4) is 0 Å². The molecule has 0 aromatic heterocycles. The van der Waals surface area contributed by atoms with Crippen molar-refractivity contribution >= 4 is 5.97 Å². The standard InChI is InChI=1S/C12H13NO4/c1-16-8-6-10(12(14)15)9(4-3-5-13)11(7-8)17-2/h6-7H,3-4H2,1-2H3,(H,14,15). The molecule has 0 atom stereocenters. The molecule has 0 heterocycles. The van der Waals surface area contributed by atoms with Gasteiger partial charge in [0.2, 0.25) is 0 Å². The monoisotopic (exact) mass is 235 g/mol. The van der Waals surface area contributed by atoms with Crippen molar-refractivity contribution in [3.8, 4) is 17.6 Å². The van der Waals surface area contributed by atoms with Crippen LogP contribution in [0.1, 0.15) is 22.3 Å². The molecule has 1 rings (SSSR count). The molecule has 0 radical (unpaired) electrons. The van der Waals surface area contributed by atoms with Gasteiger partial charge < -0.3 is 14.6 Å². The summed E-state index contributed by atoms with van der Waals surface area (Å²) >= 11 is 0. The third-order valence-corrected chi connectivity index (χ3v) is 2.36.